The molecule has 0 unspecified atom stereocenters. The lowest BCUT2D eigenvalue weighted by Crippen LogP contribution is -2.17. The van der Waals surface area contributed by atoms with Crippen molar-refractivity contribution in [2.45, 2.75) is 18.2 Å². The van der Waals surface area contributed by atoms with Crippen molar-refractivity contribution >= 4 is 35.5 Å². The zero-order valence-electron chi connectivity index (χ0n) is 12.3. The Bertz CT molecular complexity index is 639. The van der Waals surface area contributed by atoms with E-state index in [1.54, 1.807) is 18.0 Å². The Morgan fingerprint density at radius 3 is 2.55 bits per heavy atom. The number of hydrogen-bond acceptors (Lipinski definition) is 3. The molecule has 2 rings (SSSR count). The van der Waals surface area contributed by atoms with Crippen molar-refractivity contribution in [3.8, 4) is 0 Å². The highest BCUT2D eigenvalue weighted by atomic mass is 35.5. The Morgan fingerprint density at radius 1 is 1.18 bits per heavy atom. The molecule has 3 nitrogen and oxygen atoms in total. The number of amides is 1. The third-order valence-electron chi connectivity index (χ3n) is 2.89. The van der Waals surface area contributed by atoms with E-state index in [0.717, 1.165) is 10.5 Å². The van der Waals surface area contributed by atoms with Gasteiger partial charge in [0.25, 0.3) is 0 Å². The second-order valence-corrected chi connectivity index (χ2v) is 6.36. The fraction of sp³-hybridized carbons (Fsp3) is 0.176. The Morgan fingerprint density at radius 2 is 1.86 bits per heavy atom. The van der Waals surface area contributed by atoms with Crippen LogP contribution in [0.3, 0.4) is 0 Å². The predicted molar refractivity (Wildman–Crippen MR) is 93.7 cm³/mol. The fourth-order valence-electron chi connectivity index (χ4n) is 1.68. The number of aryl methyl sites for hydroxylation is 1. The number of nitrogens with one attached hydrogen (secondary N) is 1. The smallest absolute Gasteiger partial charge is 0.240 e. The van der Waals surface area contributed by atoms with E-state index < -0.39 is 0 Å². The molecule has 0 aliphatic carbocycles. The van der Waals surface area contributed by atoms with Crippen LogP contribution >= 0.6 is 23.4 Å². The molecule has 0 fully saturated rings. The van der Waals surface area contributed by atoms with E-state index in [0.29, 0.717) is 17.2 Å². The van der Waals surface area contributed by atoms with Gasteiger partial charge in [-0.05, 0) is 36.8 Å². The second-order valence-electron chi connectivity index (χ2n) is 4.76. The molecule has 2 aromatic carbocycles. The quantitative estimate of drug-likeness (QED) is 0.487. The first kappa shape index (κ1) is 16.6. The van der Waals surface area contributed by atoms with Gasteiger partial charge in [0.05, 0.1) is 6.21 Å². The molecule has 2 aromatic rings. The Labute approximate surface area is 139 Å². The number of halogens is 1. The van der Waals surface area contributed by atoms with Crippen LogP contribution in [0.2, 0.25) is 5.02 Å². The van der Waals surface area contributed by atoms with E-state index in [1.807, 2.05) is 55.5 Å². The summed E-state index contributed by atoms with van der Waals surface area (Å²) in [6, 6.07) is 15.5. The summed E-state index contributed by atoms with van der Waals surface area (Å²) in [7, 11) is 0. The lowest BCUT2D eigenvalue weighted by molar-refractivity contribution is -0.120. The maximum atomic E-state index is 11.7. The SMILES string of the molecule is Cc1ccc(/C=N\NC(=O)CCSc2ccc(Cl)cc2)cc1. The van der Waals surface area contributed by atoms with Crippen LogP contribution in [0, 0.1) is 6.92 Å². The summed E-state index contributed by atoms with van der Waals surface area (Å²) in [6.45, 7) is 2.03. The zero-order valence-corrected chi connectivity index (χ0v) is 13.8. The number of thioether (sulfide) groups is 1. The van der Waals surface area contributed by atoms with Crippen LogP contribution in [-0.2, 0) is 4.79 Å². The van der Waals surface area contributed by atoms with Gasteiger partial charge in [0.15, 0.2) is 0 Å². The largest absolute Gasteiger partial charge is 0.273 e. The first-order chi connectivity index (χ1) is 10.6. The van der Waals surface area contributed by atoms with Crippen molar-refractivity contribution in [2.75, 3.05) is 5.75 Å². The molecule has 0 heterocycles. The third kappa shape index (κ3) is 5.92. The molecule has 0 atom stereocenters. The molecule has 1 N–H and O–H groups in total. The molecular weight excluding hydrogens is 316 g/mol. The van der Waals surface area contributed by atoms with E-state index in [2.05, 4.69) is 10.5 Å². The summed E-state index contributed by atoms with van der Waals surface area (Å²) in [5.74, 6) is 0.609. The van der Waals surface area contributed by atoms with Crippen LogP contribution in [0.15, 0.2) is 58.5 Å². The van der Waals surface area contributed by atoms with Gasteiger partial charge in [-0.15, -0.1) is 11.8 Å². The highest BCUT2D eigenvalue weighted by molar-refractivity contribution is 7.99. The van der Waals surface area contributed by atoms with E-state index in [1.165, 1.54) is 5.56 Å². The molecular formula is C17H17ClN2OS. The Hall–Kier alpha value is -1.78. The maximum Gasteiger partial charge on any atom is 0.240 e. The van der Waals surface area contributed by atoms with Gasteiger partial charge >= 0.3 is 0 Å². The minimum Gasteiger partial charge on any atom is -0.273 e. The minimum absolute atomic E-state index is 0.0928. The molecule has 0 spiro atoms. The van der Waals surface area contributed by atoms with Gasteiger partial charge < -0.3 is 0 Å². The molecule has 0 radical (unpaired) electrons. The molecule has 22 heavy (non-hydrogen) atoms. The van der Waals surface area contributed by atoms with Crippen LogP contribution in [0.1, 0.15) is 17.5 Å². The van der Waals surface area contributed by atoms with Gasteiger partial charge in [-0.2, -0.15) is 5.10 Å². The Balaban J connectivity index is 1.69. The fourth-order valence-corrected chi connectivity index (χ4v) is 2.66. The molecule has 5 heteroatoms. The third-order valence-corrected chi connectivity index (χ3v) is 4.16. The van der Waals surface area contributed by atoms with Gasteiger partial charge in [0.2, 0.25) is 5.91 Å². The van der Waals surface area contributed by atoms with Gasteiger partial charge in [-0.3, -0.25) is 4.79 Å². The predicted octanol–water partition coefficient (Wildman–Crippen LogP) is 4.28. The molecule has 0 aromatic heterocycles. The first-order valence-electron chi connectivity index (χ1n) is 6.90. The van der Waals surface area contributed by atoms with Crippen LogP contribution < -0.4 is 5.43 Å². The van der Waals surface area contributed by atoms with Crippen molar-refractivity contribution in [3.05, 3.63) is 64.7 Å². The number of hydrogen-bond donors (Lipinski definition) is 1. The monoisotopic (exact) mass is 332 g/mol. The number of nitrogens with zero attached hydrogens (tertiary/aromatic N) is 1. The van der Waals surface area contributed by atoms with E-state index in [4.69, 9.17) is 11.6 Å². The van der Waals surface area contributed by atoms with Crippen molar-refractivity contribution in [1.29, 1.82) is 0 Å². The van der Waals surface area contributed by atoms with Crippen LogP contribution in [0.5, 0.6) is 0 Å². The number of carbonyl (C=O) groups excluding carboxylic acids is 1. The summed E-state index contributed by atoms with van der Waals surface area (Å²) in [5, 5.41) is 4.67. The van der Waals surface area contributed by atoms with Crippen LogP contribution in [0.4, 0.5) is 0 Å². The summed E-state index contributed by atoms with van der Waals surface area (Å²) in [6.07, 6.45) is 2.06. The molecule has 1 amide bonds. The van der Waals surface area contributed by atoms with Gasteiger partial charge in [-0.25, -0.2) is 5.43 Å². The molecule has 0 saturated heterocycles. The standard InChI is InChI=1S/C17H17ClN2OS/c1-13-2-4-14(5-3-13)12-19-20-17(21)10-11-22-16-8-6-15(18)7-9-16/h2-9,12H,10-11H2,1H3,(H,20,21)/b19-12-. The first-order valence-corrected chi connectivity index (χ1v) is 8.27. The maximum absolute atomic E-state index is 11.7. The summed E-state index contributed by atoms with van der Waals surface area (Å²) in [4.78, 5) is 12.8. The zero-order chi connectivity index (χ0) is 15.8. The van der Waals surface area contributed by atoms with E-state index in [-0.39, 0.29) is 5.91 Å². The summed E-state index contributed by atoms with van der Waals surface area (Å²) in [5.41, 5.74) is 4.69. The lowest BCUT2D eigenvalue weighted by Gasteiger charge is -2.01. The second kappa shape index (κ2) is 8.61. The van der Waals surface area contributed by atoms with Crippen molar-refractivity contribution in [1.82, 2.24) is 5.43 Å². The Kier molecular flexibility index (Phi) is 6.49. The number of benzene rings is 2. The number of hydrazone groups is 1. The highest BCUT2D eigenvalue weighted by Gasteiger charge is 2.00. The van der Waals surface area contributed by atoms with E-state index in [9.17, 15) is 4.79 Å². The molecule has 114 valence electrons. The van der Waals surface area contributed by atoms with Gasteiger partial charge in [0.1, 0.15) is 0 Å². The number of carbonyl (C=O) groups is 1. The minimum atomic E-state index is -0.0928. The van der Waals surface area contributed by atoms with Crippen molar-refractivity contribution in [2.24, 2.45) is 5.10 Å². The normalized spacial score (nSPS) is 10.8. The average Bonchev–Trinajstić information content (AvgIpc) is 2.51. The van der Waals surface area contributed by atoms with Crippen LogP contribution in [-0.4, -0.2) is 17.9 Å². The average molecular weight is 333 g/mol. The lowest BCUT2D eigenvalue weighted by atomic mass is 10.2. The van der Waals surface area contributed by atoms with Crippen molar-refractivity contribution in [3.63, 3.8) is 0 Å². The highest BCUT2D eigenvalue weighted by Crippen LogP contribution is 2.20. The summed E-state index contributed by atoms with van der Waals surface area (Å²) < 4.78 is 0. The van der Waals surface area contributed by atoms with Gasteiger partial charge in [-0.1, -0.05) is 41.4 Å². The number of rotatable bonds is 6. The topological polar surface area (TPSA) is 41.5 Å². The molecule has 0 aliphatic heterocycles. The molecule has 0 saturated carbocycles. The van der Waals surface area contributed by atoms with Crippen LogP contribution in [0.25, 0.3) is 0 Å². The molecule has 0 aliphatic rings. The van der Waals surface area contributed by atoms with Gasteiger partial charge in [0, 0.05) is 22.1 Å². The van der Waals surface area contributed by atoms with Crippen molar-refractivity contribution < 1.29 is 4.79 Å². The summed E-state index contributed by atoms with van der Waals surface area (Å²) >= 11 is 7.44. The molecule has 0 bridgehead atoms. The van der Waals surface area contributed by atoms with E-state index >= 15 is 0 Å².